The fourth-order valence-corrected chi connectivity index (χ4v) is 3.52. The molecule has 0 spiro atoms. The molecule has 0 bridgehead atoms. The van der Waals surface area contributed by atoms with Crippen molar-refractivity contribution in [2.45, 2.75) is 43.7 Å². The van der Waals surface area contributed by atoms with Gasteiger partial charge >= 0.3 is 6.18 Å². The van der Waals surface area contributed by atoms with Crippen LogP contribution in [0, 0.1) is 11.8 Å². The summed E-state index contributed by atoms with van der Waals surface area (Å²) in [6, 6.07) is 7.92. The molecule has 0 heterocycles. The predicted molar refractivity (Wildman–Crippen MR) is 79.0 cm³/mol. The van der Waals surface area contributed by atoms with Crippen molar-refractivity contribution in [3.05, 3.63) is 34.3 Å². The average Bonchev–Trinajstić information content (AvgIpc) is 2.40. The van der Waals surface area contributed by atoms with Gasteiger partial charge in [0.05, 0.1) is 5.92 Å². The van der Waals surface area contributed by atoms with E-state index in [1.165, 1.54) is 0 Å². The van der Waals surface area contributed by atoms with Crippen molar-refractivity contribution in [3.8, 4) is 0 Å². The summed E-state index contributed by atoms with van der Waals surface area (Å²) in [5.41, 5.74) is 1.13. The molecule has 1 aromatic rings. The molecule has 0 aliphatic heterocycles. The Labute approximate surface area is 130 Å². The summed E-state index contributed by atoms with van der Waals surface area (Å²) in [6.07, 6.45) is -1.73. The lowest BCUT2D eigenvalue weighted by Gasteiger charge is -2.32. The summed E-state index contributed by atoms with van der Waals surface area (Å²) in [7, 11) is 0. The molecular weight excluding hydrogens is 353 g/mol. The highest BCUT2D eigenvalue weighted by Crippen LogP contribution is 2.41. The minimum Gasteiger partial charge on any atom is -0.171 e. The molecular formula is C15H17BrClF3. The molecule has 1 aliphatic carbocycles. The summed E-state index contributed by atoms with van der Waals surface area (Å²) in [5.74, 6) is -0.936. The van der Waals surface area contributed by atoms with Crippen molar-refractivity contribution in [2.75, 3.05) is 0 Å². The molecule has 0 nitrogen and oxygen atoms in total. The van der Waals surface area contributed by atoms with E-state index in [1.807, 2.05) is 24.3 Å². The van der Waals surface area contributed by atoms with Crippen LogP contribution in [0.2, 0.25) is 0 Å². The zero-order valence-electron chi connectivity index (χ0n) is 11.0. The van der Waals surface area contributed by atoms with Gasteiger partial charge in [-0.25, -0.2) is 0 Å². The topological polar surface area (TPSA) is 0 Å². The molecule has 1 atom stereocenters. The molecule has 2 rings (SSSR count). The Kier molecular flexibility index (Phi) is 5.41. The molecule has 1 saturated carbocycles. The maximum absolute atomic E-state index is 12.6. The molecule has 0 radical (unpaired) electrons. The second-order valence-electron chi connectivity index (χ2n) is 5.50. The summed E-state index contributed by atoms with van der Waals surface area (Å²) in [6.45, 7) is 0. The van der Waals surface area contributed by atoms with Gasteiger partial charge in [-0.2, -0.15) is 13.2 Å². The van der Waals surface area contributed by atoms with Crippen LogP contribution in [0.3, 0.4) is 0 Å². The van der Waals surface area contributed by atoms with Crippen LogP contribution < -0.4 is 0 Å². The minimum absolute atomic E-state index is 0.0784. The number of hydrogen-bond donors (Lipinski definition) is 0. The molecule has 1 unspecified atom stereocenters. The summed E-state index contributed by atoms with van der Waals surface area (Å²) in [4.78, 5) is 0. The van der Waals surface area contributed by atoms with E-state index in [1.54, 1.807) is 0 Å². The Morgan fingerprint density at radius 1 is 1.10 bits per heavy atom. The number of alkyl halides is 4. The molecule has 0 N–H and O–H groups in total. The summed E-state index contributed by atoms with van der Waals surface area (Å²) < 4.78 is 38.9. The first-order chi connectivity index (χ1) is 9.36. The van der Waals surface area contributed by atoms with Gasteiger partial charge in [-0.15, -0.1) is 11.6 Å². The van der Waals surface area contributed by atoms with E-state index >= 15 is 0 Å². The standard InChI is InChI=1S/C15H17BrClF3/c16-13-7-1-10(2-8-13)9-14(17)11-3-5-12(6-4-11)15(18,19)20/h1-2,7-8,11-12,14H,3-6,9H2. The third-order valence-corrected chi connectivity index (χ3v) is 5.13. The number of hydrogen-bond acceptors (Lipinski definition) is 0. The van der Waals surface area contributed by atoms with Crippen molar-refractivity contribution in [1.82, 2.24) is 0 Å². The van der Waals surface area contributed by atoms with E-state index < -0.39 is 12.1 Å². The van der Waals surface area contributed by atoms with E-state index in [-0.39, 0.29) is 24.1 Å². The smallest absolute Gasteiger partial charge is 0.171 e. The molecule has 1 aliphatic rings. The molecule has 5 heteroatoms. The first-order valence-corrected chi connectivity index (χ1v) is 8.04. The normalized spacial score (nSPS) is 25.4. The Morgan fingerprint density at radius 2 is 1.65 bits per heavy atom. The Bertz CT molecular complexity index is 422. The van der Waals surface area contributed by atoms with Crippen LogP contribution >= 0.6 is 27.5 Å². The van der Waals surface area contributed by atoms with Gasteiger partial charge in [0.15, 0.2) is 0 Å². The molecule has 0 saturated heterocycles. The zero-order valence-corrected chi connectivity index (χ0v) is 13.3. The van der Waals surface area contributed by atoms with Crippen LogP contribution in [-0.2, 0) is 6.42 Å². The highest BCUT2D eigenvalue weighted by Gasteiger charge is 2.42. The highest BCUT2D eigenvalue weighted by molar-refractivity contribution is 9.10. The predicted octanol–water partition coefficient (Wildman–Crippen LogP) is 5.97. The molecule has 20 heavy (non-hydrogen) atoms. The lowest BCUT2D eigenvalue weighted by atomic mass is 9.79. The fourth-order valence-electron chi connectivity index (χ4n) is 2.82. The second-order valence-corrected chi connectivity index (χ2v) is 6.98. The summed E-state index contributed by atoms with van der Waals surface area (Å²) >= 11 is 9.78. The molecule has 1 fully saturated rings. The molecule has 112 valence electrons. The maximum atomic E-state index is 12.6. The van der Waals surface area contributed by atoms with Crippen molar-refractivity contribution in [1.29, 1.82) is 0 Å². The SMILES string of the molecule is FC(F)(F)C1CCC(C(Cl)Cc2ccc(Br)cc2)CC1. The van der Waals surface area contributed by atoms with Crippen LogP contribution in [0.5, 0.6) is 0 Å². The van der Waals surface area contributed by atoms with Gasteiger partial charge in [0.1, 0.15) is 0 Å². The van der Waals surface area contributed by atoms with Crippen LogP contribution in [0.1, 0.15) is 31.2 Å². The quantitative estimate of drug-likeness (QED) is 0.576. The van der Waals surface area contributed by atoms with Crippen molar-refractivity contribution in [3.63, 3.8) is 0 Å². The first kappa shape index (κ1) is 16.2. The largest absolute Gasteiger partial charge is 0.391 e. The van der Waals surface area contributed by atoms with E-state index in [9.17, 15) is 13.2 Å². The maximum Gasteiger partial charge on any atom is 0.391 e. The van der Waals surface area contributed by atoms with Gasteiger partial charge in [-0.1, -0.05) is 28.1 Å². The van der Waals surface area contributed by atoms with Gasteiger partial charge in [0.25, 0.3) is 0 Å². The van der Waals surface area contributed by atoms with Crippen molar-refractivity contribution in [2.24, 2.45) is 11.8 Å². The van der Waals surface area contributed by atoms with Crippen molar-refractivity contribution < 1.29 is 13.2 Å². The Balaban J connectivity index is 1.85. The van der Waals surface area contributed by atoms with E-state index in [4.69, 9.17) is 11.6 Å². The van der Waals surface area contributed by atoms with Crippen LogP contribution in [0.25, 0.3) is 0 Å². The lowest BCUT2D eigenvalue weighted by molar-refractivity contribution is -0.183. The van der Waals surface area contributed by atoms with Gasteiger partial charge < -0.3 is 0 Å². The molecule has 1 aromatic carbocycles. The Morgan fingerprint density at radius 3 is 2.15 bits per heavy atom. The third-order valence-electron chi connectivity index (χ3n) is 4.09. The average molecular weight is 370 g/mol. The van der Waals surface area contributed by atoms with E-state index in [0.29, 0.717) is 12.8 Å². The molecule has 0 amide bonds. The third kappa shape index (κ3) is 4.39. The number of benzene rings is 1. The van der Waals surface area contributed by atoms with Gasteiger partial charge in [0.2, 0.25) is 0 Å². The van der Waals surface area contributed by atoms with Gasteiger partial charge in [0, 0.05) is 9.85 Å². The lowest BCUT2D eigenvalue weighted by Crippen LogP contribution is -2.31. The van der Waals surface area contributed by atoms with Crippen molar-refractivity contribution >= 4 is 27.5 Å². The van der Waals surface area contributed by atoms with Gasteiger partial charge in [-0.05, 0) is 55.7 Å². The fraction of sp³-hybridized carbons (Fsp3) is 0.600. The second kappa shape index (κ2) is 6.69. The number of rotatable bonds is 3. The van der Waals surface area contributed by atoms with Crippen LogP contribution in [0.4, 0.5) is 13.2 Å². The zero-order chi connectivity index (χ0) is 14.8. The van der Waals surface area contributed by atoms with E-state index in [2.05, 4.69) is 15.9 Å². The highest BCUT2D eigenvalue weighted by atomic mass is 79.9. The van der Waals surface area contributed by atoms with Crippen LogP contribution in [0.15, 0.2) is 28.7 Å². The van der Waals surface area contributed by atoms with E-state index in [0.717, 1.165) is 16.5 Å². The minimum atomic E-state index is -4.04. The number of halogens is 5. The van der Waals surface area contributed by atoms with Crippen LogP contribution in [-0.4, -0.2) is 11.6 Å². The Hall–Kier alpha value is -0.220. The molecule has 0 aromatic heterocycles. The first-order valence-electron chi connectivity index (χ1n) is 6.81. The van der Waals surface area contributed by atoms with Gasteiger partial charge in [-0.3, -0.25) is 0 Å². The summed E-state index contributed by atoms with van der Waals surface area (Å²) in [5, 5.41) is -0.0784. The monoisotopic (exact) mass is 368 g/mol.